The molecule has 6 nitrogen and oxygen atoms in total. The van der Waals surface area contributed by atoms with Crippen molar-refractivity contribution in [2.45, 2.75) is 58.1 Å². The normalized spacial score (nSPS) is 24.1. The summed E-state index contributed by atoms with van der Waals surface area (Å²) >= 11 is 0. The van der Waals surface area contributed by atoms with E-state index in [0.29, 0.717) is 24.2 Å². The van der Waals surface area contributed by atoms with E-state index in [-0.39, 0.29) is 18.8 Å². The Kier molecular flexibility index (Phi) is 6.94. The average Bonchev–Trinajstić information content (AvgIpc) is 3.09. The van der Waals surface area contributed by atoms with Crippen molar-refractivity contribution in [3.63, 3.8) is 0 Å². The first-order chi connectivity index (χ1) is 13.5. The number of hydrogen-bond acceptors (Lipinski definition) is 5. The van der Waals surface area contributed by atoms with Crippen LogP contribution in [0.3, 0.4) is 0 Å². The van der Waals surface area contributed by atoms with Crippen LogP contribution in [-0.4, -0.2) is 36.9 Å². The lowest BCUT2D eigenvalue weighted by Gasteiger charge is -2.32. The van der Waals surface area contributed by atoms with E-state index in [1.165, 1.54) is 24.0 Å². The maximum Gasteiger partial charge on any atom is 0.341 e. The quantitative estimate of drug-likeness (QED) is 0.498. The summed E-state index contributed by atoms with van der Waals surface area (Å²) in [4.78, 5) is 22.4. The molecule has 0 amide bonds. The summed E-state index contributed by atoms with van der Waals surface area (Å²) < 4.78 is 11.0. The average molecular weight is 389 g/mol. The first-order valence-electron chi connectivity index (χ1n) is 10.3. The molecule has 1 fully saturated rings. The molecule has 4 atom stereocenters. The van der Waals surface area contributed by atoms with E-state index in [0.717, 1.165) is 31.4 Å². The number of carbonyl (C=O) groups is 2. The lowest BCUT2D eigenvalue weighted by atomic mass is 9.73. The number of hydrogen-bond donors (Lipinski definition) is 2. The summed E-state index contributed by atoms with van der Waals surface area (Å²) in [5, 5.41) is 12.0. The zero-order valence-corrected chi connectivity index (χ0v) is 16.8. The molecule has 0 radical (unpaired) electrons. The van der Waals surface area contributed by atoms with Crippen LogP contribution in [0.15, 0.2) is 18.2 Å². The standard InChI is InChI=1S/C22H31NO5/c1-3-22(26)28-20(23-2)10-9-14-7-8-16-12-18-15(11-17(14)16)5-4-6-19(18)27-13-21(24)25/h4-6,14,16-17,20,23H,3,7-13H2,1-2H3,(H,24,25). The minimum Gasteiger partial charge on any atom is -0.482 e. The van der Waals surface area contributed by atoms with Crippen LogP contribution in [0, 0.1) is 17.8 Å². The van der Waals surface area contributed by atoms with Crippen LogP contribution in [0.4, 0.5) is 0 Å². The lowest BCUT2D eigenvalue weighted by Crippen LogP contribution is -2.32. The van der Waals surface area contributed by atoms with Gasteiger partial charge in [0.1, 0.15) is 5.75 Å². The van der Waals surface area contributed by atoms with Crippen LogP contribution in [0.2, 0.25) is 0 Å². The van der Waals surface area contributed by atoms with Crippen molar-refractivity contribution in [1.29, 1.82) is 0 Å². The Bertz CT molecular complexity index is 704. The largest absolute Gasteiger partial charge is 0.482 e. The van der Waals surface area contributed by atoms with Crippen molar-refractivity contribution in [2.24, 2.45) is 17.8 Å². The summed E-state index contributed by atoms with van der Waals surface area (Å²) in [7, 11) is 1.83. The maximum absolute atomic E-state index is 11.6. The number of benzene rings is 1. The monoisotopic (exact) mass is 389 g/mol. The zero-order chi connectivity index (χ0) is 20.1. The first-order valence-corrected chi connectivity index (χ1v) is 10.3. The number of esters is 1. The predicted molar refractivity (Wildman–Crippen MR) is 105 cm³/mol. The molecular formula is C22H31NO5. The van der Waals surface area contributed by atoms with Crippen molar-refractivity contribution in [3.8, 4) is 5.75 Å². The fraction of sp³-hybridized carbons (Fsp3) is 0.636. The second-order valence-corrected chi connectivity index (χ2v) is 7.94. The van der Waals surface area contributed by atoms with Crippen LogP contribution in [0.1, 0.15) is 50.2 Å². The molecular weight excluding hydrogens is 358 g/mol. The molecule has 0 spiro atoms. The van der Waals surface area contributed by atoms with Gasteiger partial charge < -0.3 is 14.6 Å². The molecule has 0 bridgehead atoms. The van der Waals surface area contributed by atoms with Gasteiger partial charge in [-0.15, -0.1) is 0 Å². The summed E-state index contributed by atoms with van der Waals surface area (Å²) in [5.74, 6) is 1.51. The molecule has 0 heterocycles. The van der Waals surface area contributed by atoms with Crippen molar-refractivity contribution in [1.82, 2.24) is 5.32 Å². The molecule has 0 aromatic heterocycles. The van der Waals surface area contributed by atoms with Gasteiger partial charge in [-0.25, -0.2) is 4.79 Å². The van der Waals surface area contributed by atoms with E-state index >= 15 is 0 Å². The molecule has 1 aromatic carbocycles. The Morgan fingerprint density at radius 2 is 2.11 bits per heavy atom. The smallest absolute Gasteiger partial charge is 0.341 e. The van der Waals surface area contributed by atoms with E-state index in [1.54, 1.807) is 0 Å². The van der Waals surface area contributed by atoms with Crippen LogP contribution < -0.4 is 10.1 Å². The Morgan fingerprint density at radius 1 is 1.29 bits per heavy atom. The molecule has 2 N–H and O–H groups in total. The maximum atomic E-state index is 11.6. The number of carboxylic acid groups (broad SMARTS) is 1. The van der Waals surface area contributed by atoms with Crippen molar-refractivity contribution in [3.05, 3.63) is 29.3 Å². The number of carboxylic acids is 1. The molecule has 1 aromatic rings. The molecule has 6 heteroatoms. The highest BCUT2D eigenvalue weighted by atomic mass is 16.6. The highest BCUT2D eigenvalue weighted by molar-refractivity contribution is 5.69. The molecule has 3 rings (SSSR count). The van der Waals surface area contributed by atoms with E-state index in [1.807, 2.05) is 26.1 Å². The Hall–Kier alpha value is -2.08. The van der Waals surface area contributed by atoms with Gasteiger partial charge in [0.15, 0.2) is 12.8 Å². The van der Waals surface area contributed by atoms with E-state index < -0.39 is 5.97 Å². The first kappa shape index (κ1) is 20.6. The molecule has 4 unspecified atom stereocenters. The minimum atomic E-state index is -0.949. The summed E-state index contributed by atoms with van der Waals surface area (Å²) in [6.45, 7) is 1.51. The Morgan fingerprint density at radius 3 is 2.82 bits per heavy atom. The van der Waals surface area contributed by atoms with E-state index in [2.05, 4.69) is 11.4 Å². The van der Waals surface area contributed by atoms with E-state index in [4.69, 9.17) is 14.6 Å². The third kappa shape index (κ3) is 4.85. The molecule has 1 saturated carbocycles. The van der Waals surface area contributed by atoms with Crippen LogP contribution in [-0.2, 0) is 27.2 Å². The molecule has 0 aliphatic heterocycles. The minimum absolute atomic E-state index is 0.163. The molecule has 2 aliphatic rings. The van der Waals surface area contributed by atoms with Gasteiger partial charge in [-0.3, -0.25) is 10.1 Å². The van der Waals surface area contributed by atoms with Crippen molar-refractivity contribution in [2.75, 3.05) is 13.7 Å². The summed E-state index contributed by atoms with van der Waals surface area (Å²) in [5.41, 5.74) is 2.48. The van der Waals surface area contributed by atoms with Gasteiger partial charge in [0.2, 0.25) is 0 Å². The van der Waals surface area contributed by atoms with Gasteiger partial charge in [0.05, 0.1) is 0 Å². The Balaban J connectivity index is 1.62. The van der Waals surface area contributed by atoms with Crippen LogP contribution >= 0.6 is 0 Å². The highest BCUT2D eigenvalue weighted by Crippen LogP contribution is 2.48. The third-order valence-corrected chi connectivity index (χ3v) is 6.31. The van der Waals surface area contributed by atoms with Crippen molar-refractivity contribution < 1.29 is 24.2 Å². The highest BCUT2D eigenvalue weighted by Gasteiger charge is 2.40. The topological polar surface area (TPSA) is 84.9 Å². The fourth-order valence-electron chi connectivity index (χ4n) is 4.88. The Labute approximate surface area is 166 Å². The van der Waals surface area contributed by atoms with Gasteiger partial charge in [0, 0.05) is 6.42 Å². The van der Waals surface area contributed by atoms with Gasteiger partial charge in [-0.2, -0.15) is 0 Å². The van der Waals surface area contributed by atoms with Gasteiger partial charge >= 0.3 is 11.9 Å². The molecule has 0 saturated heterocycles. The number of aliphatic carboxylic acids is 1. The molecule has 2 aliphatic carbocycles. The second-order valence-electron chi connectivity index (χ2n) is 7.94. The third-order valence-electron chi connectivity index (χ3n) is 6.31. The number of fused-ring (bicyclic) bond motifs is 2. The second kappa shape index (κ2) is 9.41. The van der Waals surface area contributed by atoms with Gasteiger partial charge in [-0.1, -0.05) is 19.1 Å². The van der Waals surface area contributed by atoms with Crippen LogP contribution in [0.25, 0.3) is 0 Å². The van der Waals surface area contributed by atoms with E-state index in [9.17, 15) is 9.59 Å². The summed E-state index contributed by atoms with van der Waals surface area (Å²) in [6.07, 6.45) is 6.46. The summed E-state index contributed by atoms with van der Waals surface area (Å²) in [6, 6.07) is 5.99. The number of rotatable bonds is 9. The van der Waals surface area contributed by atoms with Gasteiger partial charge in [0.25, 0.3) is 0 Å². The lowest BCUT2D eigenvalue weighted by molar-refractivity contribution is -0.150. The zero-order valence-electron chi connectivity index (χ0n) is 16.8. The van der Waals surface area contributed by atoms with Crippen LogP contribution in [0.5, 0.6) is 5.75 Å². The molecule has 28 heavy (non-hydrogen) atoms. The molecule has 154 valence electrons. The number of nitrogens with one attached hydrogen (secondary N) is 1. The van der Waals surface area contributed by atoms with Gasteiger partial charge in [-0.05, 0) is 80.5 Å². The number of ether oxygens (including phenoxy) is 2. The predicted octanol–water partition coefficient (Wildman–Crippen LogP) is 3.17. The fourth-order valence-corrected chi connectivity index (χ4v) is 4.88. The van der Waals surface area contributed by atoms with Crippen molar-refractivity contribution >= 4 is 11.9 Å². The number of carbonyl (C=O) groups excluding carboxylic acids is 1. The SMILES string of the molecule is CCC(=O)OC(CCC1CCC2Cc3c(cccc3OCC(=O)O)CC12)NC.